The summed E-state index contributed by atoms with van der Waals surface area (Å²) in [4.78, 5) is 23.9. The SMILES string of the molecule is O=C(C1CCCN1c1nc(Cc2ccc(Cl)cc2)ns1)N1CCN(c2cccc(C(F)(F)F)c2)CC1. The molecule has 2 fully saturated rings. The van der Waals surface area contributed by atoms with Gasteiger partial charge >= 0.3 is 6.18 Å². The van der Waals surface area contributed by atoms with Crippen molar-refractivity contribution in [2.75, 3.05) is 42.5 Å². The lowest BCUT2D eigenvalue weighted by molar-refractivity contribution is -0.137. The summed E-state index contributed by atoms with van der Waals surface area (Å²) in [5, 5.41) is 1.43. The third kappa shape index (κ3) is 5.44. The Hall–Kier alpha value is -2.85. The van der Waals surface area contributed by atoms with Gasteiger partial charge in [0.15, 0.2) is 0 Å². The maximum absolute atomic E-state index is 13.4. The van der Waals surface area contributed by atoms with Crippen LogP contribution in [0.1, 0.15) is 29.8 Å². The first-order valence-corrected chi connectivity index (χ1v) is 13.0. The highest BCUT2D eigenvalue weighted by atomic mass is 35.5. The van der Waals surface area contributed by atoms with Crippen molar-refractivity contribution in [3.63, 3.8) is 0 Å². The summed E-state index contributed by atoms with van der Waals surface area (Å²) in [6.45, 7) is 2.67. The lowest BCUT2D eigenvalue weighted by atomic mass is 10.1. The van der Waals surface area contributed by atoms with Crippen molar-refractivity contribution in [1.29, 1.82) is 0 Å². The number of carbonyl (C=O) groups is 1. The van der Waals surface area contributed by atoms with E-state index >= 15 is 0 Å². The number of alkyl halides is 3. The highest BCUT2D eigenvalue weighted by Crippen LogP contribution is 2.32. The summed E-state index contributed by atoms with van der Waals surface area (Å²) in [7, 11) is 0. The van der Waals surface area contributed by atoms with E-state index < -0.39 is 11.7 Å². The first-order valence-electron chi connectivity index (χ1n) is 11.8. The third-order valence-corrected chi connectivity index (χ3v) is 7.69. The van der Waals surface area contributed by atoms with Gasteiger partial charge in [-0.3, -0.25) is 4.79 Å². The molecule has 3 heterocycles. The number of amides is 1. The topological polar surface area (TPSA) is 52.6 Å². The number of nitrogens with zero attached hydrogens (tertiary/aromatic N) is 5. The lowest BCUT2D eigenvalue weighted by Crippen LogP contribution is -2.53. The molecule has 1 unspecified atom stereocenters. The molecule has 2 aliphatic rings. The monoisotopic (exact) mass is 535 g/mol. The van der Waals surface area contributed by atoms with E-state index in [9.17, 15) is 18.0 Å². The van der Waals surface area contributed by atoms with Crippen LogP contribution in [0, 0.1) is 0 Å². The van der Waals surface area contributed by atoms with E-state index in [1.807, 2.05) is 39.0 Å². The van der Waals surface area contributed by atoms with Gasteiger partial charge in [-0.05, 0) is 48.7 Å². The predicted molar refractivity (Wildman–Crippen MR) is 135 cm³/mol. The number of hydrogen-bond donors (Lipinski definition) is 0. The van der Waals surface area contributed by atoms with E-state index in [1.54, 1.807) is 6.07 Å². The minimum Gasteiger partial charge on any atom is -0.368 e. The van der Waals surface area contributed by atoms with Crippen LogP contribution in [0.3, 0.4) is 0 Å². The van der Waals surface area contributed by atoms with Crippen LogP contribution in [0.4, 0.5) is 24.0 Å². The first-order chi connectivity index (χ1) is 17.3. The van der Waals surface area contributed by atoms with Gasteiger partial charge in [0.05, 0.1) is 5.56 Å². The van der Waals surface area contributed by atoms with Gasteiger partial charge in [-0.25, -0.2) is 4.98 Å². The van der Waals surface area contributed by atoms with E-state index in [-0.39, 0.29) is 11.9 Å². The van der Waals surface area contributed by atoms with E-state index in [0.717, 1.165) is 36.1 Å². The molecule has 1 atom stereocenters. The Balaban J connectivity index is 1.21. The van der Waals surface area contributed by atoms with Crippen molar-refractivity contribution in [3.05, 3.63) is 70.5 Å². The summed E-state index contributed by atoms with van der Waals surface area (Å²) in [5.74, 6) is 0.760. The number of aromatic nitrogens is 2. The molecule has 1 amide bonds. The van der Waals surface area contributed by atoms with Gasteiger partial charge in [-0.1, -0.05) is 29.8 Å². The first kappa shape index (κ1) is 24.8. The fourth-order valence-corrected chi connectivity index (χ4v) is 5.63. The van der Waals surface area contributed by atoms with Crippen LogP contribution in [0.25, 0.3) is 0 Å². The number of rotatable bonds is 5. The number of anilines is 2. The highest BCUT2D eigenvalue weighted by molar-refractivity contribution is 7.09. The number of hydrogen-bond acceptors (Lipinski definition) is 6. The second kappa shape index (κ2) is 10.3. The zero-order valence-corrected chi connectivity index (χ0v) is 21.0. The normalized spacial score (nSPS) is 18.7. The van der Waals surface area contributed by atoms with Crippen molar-refractivity contribution in [2.45, 2.75) is 31.5 Å². The molecule has 190 valence electrons. The van der Waals surface area contributed by atoms with Crippen LogP contribution >= 0.6 is 23.1 Å². The van der Waals surface area contributed by atoms with Gasteiger partial charge in [-0.2, -0.15) is 17.5 Å². The van der Waals surface area contributed by atoms with E-state index in [2.05, 4.69) is 4.37 Å². The molecule has 0 aliphatic carbocycles. The molecule has 3 aromatic rings. The number of halogens is 4. The average molecular weight is 536 g/mol. The fourth-order valence-electron chi connectivity index (χ4n) is 4.75. The standard InChI is InChI=1S/C25H25ClF3N5OS/c26-19-8-6-17(7-9-19)15-22-30-24(36-31-22)34-10-2-5-21(34)23(35)33-13-11-32(12-14-33)20-4-1-3-18(16-20)25(27,28)29/h1,3-4,6-9,16,21H,2,5,10-15H2. The Morgan fingerprint density at radius 1 is 1.06 bits per heavy atom. The predicted octanol–water partition coefficient (Wildman–Crippen LogP) is 5.12. The molecular weight excluding hydrogens is 511 g/mol. The maximum atomic E-state index is 13.4. The molecule has 2 aliphatic heterocycles. The molecular formula is C25H25ClF3N5OS. The van der Waals surface area contributed by atoms with E-state index in [0.29, 0.717) is 49.1 Å². The van der Waals surface area contributed by atoms with Crippen LogP contribution in [-0.2, 0) is 17.4 Å². The maximum Gasteiger partial charge on any atom is 0.416 e. The van der Waals surface area contributed by atoms with Gasteiger partial charge in [-0.15, -0.1) is 0 Å². The molecule has 2 aromatic carbocycles. The van der Waals surface area contributed by atoms with Crippen LogP contribution in [0.2, 0.25) is 5.02 Å². The molecule has 36 heavy (non-hydrogen) atoms. The molecule has 0 spiro atoms. The second-order valence-corrected chi connectivity index (χ2v) is 10.2. The Morgan fingerprint density at radius 2 is 1.81 bits per heavy atom. The van der Waals surface area contributed by atoms with Gasteiger partial charge in [0.1, 0.15) is 11.9 Å². The number of piperazine rings is 1. The quantitative estimate of drug-likeness (QED) is 0.454. The minimum atomic E-state index is -4.38. The molecule has 0 bridgehead atoms. The van der Waals surface area contributed by atoms with Crippen LogP contribution in [0.15, 0.2) is 48.5 Å². The smallest absolute Gasteiger partial charge is 0.368 e. The van der Waals surface area contributed by atoms with Gasteiger partial charge in [0, 0.05) is 61.4 Å². The van der Waals surface area contributed by atoms with Crippen LogP contribution in [0.5, 0.6) is 0 Å². The Morgan fingerprint density at radius 3 is 2.53 bits per heavy atom. The van der Waals surface area contributed by atoms with Crippen molar-refractivity contribution < 1.29 is 18.0 Å². The van der Waals surface area contributed by atoms with Crippen LogP contribution < -0.4 is 9.80 Å². The van der Waals surface area contributed by atoms with Gasteiger partial charge in [0.25, 0.3) is 0 Å². The number of carbonyl (C=O) groups excluding carboxylic acids is 1. The Bertz CT molecular complexity index is 1210. The minimum absolute atomic E-state index is 0.0469. The summed E-state index contributed by atoms with van der Waals surface area (Å²) >= 11 is 7.27. The molecule has 1 aromatic heterocycles. The molecule has 2 saturated heterocycles. The van der Waals surface area contributed by atoms with Crippen molar-refractivity contribution in [2.24, 2.45) is 0 Å². The molecule has 11 heteroatoms. The largest absolute Gasteiger partial charge is 0.416 e. The number of benzene rings is 2. The van der Waals surface area contributed by atoms with Crippen LogP contribution in [-0.4, -0.2) is 58.9 Å². The zero-order chi connectivity index (χ0) is 25.3. The summed E-state index contributed by atoms with van der Waals surface area (Å²) in [5.41, 5.74) is 0.936. The summed E-state index contributed by atoms with van der Waals surface area (Å²) < 4.78 is 43.8. The highest BCUT2D eigenvalue weighted by Gasteiger charge is 2.37. The molecule has 0 radical (unpaired) electrons. The molecule has 0 N–H and O–H groups in total. The van der Waals surface area contributed by atoms with E-state index in [1.165, 1.54) is 23.7 Å². The van der Waals surface area contributed by atoms with Crippen molar-refractivity contribution in [3.8, 4) is 0 Å². The fraction of sp³-hybridized carbons (Fsp3) is 0.400. The zero-order valence-electron chi connectivity index (χ0n) is 19.4. The average Bonchev–Trinajstić information content (AvgIpc) is 3.54. The van der Waals surface area contributed by atoms with E-state index in [4.69, 9.17) is 16.6 Å². The van der Waals surface area contributed by atoms with Crippen molar-refractivity contribution >= 4 is 39.9 Å². The Labute approximate surface area is 216 Å². The summed E-state index contributed by atoms with van der Waals surface area (Å²) in [6.07, 6.45) is -2.14. The summed E-state index contributed by atoms with van der Waals surface area (Å²) in [6, 6.07) is 12.6. The lowest BCUT2D eigenvalue weighted by Gasteiger charge is -2.38. The Kier molecular flexibility index (Phi) is 7.07. The van der Waals surface area contributed by atoms with Gasteiger partial charge < -0.3 is 14.7 Å². The second-order valence-electron chi connectivity index (χ2n) is 9.01. The van der Waals surface area contributed by atoms with Crippen molar-refractivity contribution in [1.82, 2.24) is 14.3 Å². The third-order valence-electron chi connectivity index (χ3n) is 6.65. The molecule has 0 saturated carbocycles. The van der Waals surface area contributed by atoms with Gasteiger partial charge in [0.2, 0.25) is 11.0 Å². The molecule has 5 rings (SSSR count). The molecule has 6 nitrogen and oxygen atoms in total.